The molecular formula is C15H11F4N3O3. The molecule has 25 heavy (non-hydrogen) atoms. The van der Waals surface area contributed by atoms with Gasteiger partial charge in [-0.25, -0.2) is 9.53 Å². The largest absolute Gasteiger partial charge is 0.540 e. The molecule has 0 spiro atoms. The highest BCUT2D eigenvalue weighted by Crippen LogP contribution is 2.46. The molecule has 1 aromatic carbocycles. The van der Waals surface area contributed by atoms with Gasteiger partial charge in [0.1, 0.15) is 5.75 Å². The standard InChI is InChI=1S/C15H11F4N3O3/c16-14(17)11-7-9(4-5-12(11)24-15(18,19)25-14)22-13(23)21-8-10-3-1-2-6-20-10/h1-7H,8H2,(H2,21,22,23). The van der Waals surface area contributed by atoms with Gasteiger partial charge in [-0.15, -0.1) is 8.78 Å². The summed E-state index contributed by atoms with van der Waals surface area (Å²) in [5.74, 6) is -0.735. The fourth-order valence-electron chi connectivity index (χ4n) is 2.13. The smallest absolute Gasteiger partial charge is 0.409 e. The Morgan fingerprint density at radius 3 is 2.68 bits per heavy atom. The number of ether oxygens (including phenoxy) is 2. The monoisotopic (exact) mass is 357 g/mol. The van der Waals surface area contributed by atoms with Crippen molar-refractivity contribution in [1.29, 1.82) is 0 Å². The maximum Gasteiger partial charge on any atom is 0.540 e. The first kappa shape index (κ1) is 17.0. The first-order valence-electron chi connectivity index (χ1n) is 6.99. The first-order valence-corrected chi connectivity index (χ1v) is 6.99. The van der Waals surface area contributed by atoms with Gasteiger partial charge in [-0.05, 0) is 30.3 Å². The van der Waals surface area contributed by atoms with Crippen LogP contribution in [0.2, 0.25) is 0 Å². The molecule has 2 heterocycles. The lowest BCUT2D eigenvalue weighted by molar-refractivity contribution is -0.461. The number of nitrogens with one attached hydrogen (secondary N) is 2. The van der Waals surface area contributed by atoms with Crippen molar-refractivity contribution >= 4 is 11.7 Å². The molecular weight excluding hydrogens is 346 g/mol. The highest BCUT2D eigenvalue weighted by atomic mass is 19.3. The van der Waals surface area contributed by atoms with Crippen molar-refractivity contribution in [3.05, 3.63) is 53.9 Å². The minimum atomic E-state index is -4.44. The molecule has 1 aromatic heterocycles. The van der Waals surface area contributed by atoms with Crippen molar-refractivity contribution in [2.75, 3.05) is 5.32 Å². The average Bonchev–Trinajstić information content (AvgIpc) is 2.53. The zero-order valence-corrected chi connectivity index (χ0v) is 12.4. The molecule has 6 nitrogen and oxygen atoms in total. The Balaban J connectivity index is 1.69. The summed E-state index contributed by atoms with van der Waals surface area (Å²) in [5.41, 5.74) is -0.367. The second-order valence-corrected chi connectivity index (χ2v) is 5.02. The summed E-state index contributed by atoms with van der Waals surface area (Å²) >= 11 is 0. The molecule has 0 radical (unpaired) electrons. The number of benzene rings is 1. The number of pyridine rings is 1. The molecule has 1 aliphatic heterocycles. The lowest BCUT2D eigenvalue weighted by Crippen LogP contribution is -2.41. The fourth-order valence-corrected chi connectivity index (χ4v) is 2.13. The van der Waals surface area contributed by atoms with E-state index in [1.54, 1.807) is 24.4 Å². The quantitative estimate of drug-likeness (QED) is 0.826. The van der Waals surface area contributed by atoms with Crippen LogP contribution in [0.4, 0.5) is 28.0 Å². The van der Waals surface area contributed by atoms with E-state index in [0.29, 0.717) is 5.69 Å². The molecule has 0 atom stereocenters. The summed E-state index contributed by atoms with van der Waals surface area (Å²) < 4.78 is 60.6. The molecule has 10 heteroatoms. The van der Waals surface area contributed by atoms with Gasteiger partial charge in [0.2, 0.25) is 0 Å². The van der Waals surface area contributed by atoms with Crippen LogP contribution in [0.15, 0.2) is 42.6 Å². The summed E-state index contributed by atoms with van der Waals surface area (Å²) in [7, 11) is 0. The van der Waals surface area contributed by atoms with Crippen LogP contribution < -0.4 is 15.4 Å². The van der Waals surface area contributed by atoms with Crippen molar-refractivity contribution < 1.29 is 31.8 Å². The summed E-state index contributed by atoms with van der Waals surface area (Å²) in [6.45, 7) is 0.117. The van der Waals surface area contributed by atoms with Crippen LogP contribution in [0.3, 0.4) is 0 Å². The van der Waals surface area contributed by atoms with Crippen molar-refractivity contribution in [2.45, 2.75) is 18.9 Å². The molecule has 3 rings (SSSR count). The third-order valence-corrected chi connectivity index (χ3v) is 3.18. The molecule has 0 fully saturated rings. The zero-order valence-electron chi connectivity index (χ0n) is 12.4. The predicted octanol–water partition coefficient (Wildman–Crippen LogP) is 3.41. The summed E-state index contributed by atoms with van der Waals surface area (Å²) in [6, 6.07) is 7.30. The number of urea groups is 1. The van der Waals surface area contributed by atoms with Crippen LogP contribution in [0.25, 0.3) is 0 Å². The van der Waals surface area contributed by atoms with E-state index in [1.807, 2.05) is 0 Å². The summed E-state index contributed by atoms with van der Waals surface area (Å²) in [6.07, 6.45) is -7.15. The normalized spacial score (nSPS) is 17.1. The highest BCUT2D eigenvalue weighted by molar-refractivity contribution is 5.89. The van der Waals surface area contributed by atoms with Gasteiger partial charge >= 0.3 is 18.4 Å². The van der Waals surface area contributed by atoms with Gasteiger partial charge in [0.05, 0.1) is 17.8 Å². The number of halogens is 4. The molecule has 2 N–H and O–H groups in total. The second kappa shape index (κ2) is 6.20. The van der Waals surface area contributed by atoms with E-state index in [1.165, 1.54) is 0 Å². The van der Waals surface area contributed by atoms with Crippen molar-refractivity contribution in [3.63, 3.8) is 0 Å². The van der Waals surface area contributed by atoms with Crippen LogP contribution in [-0.2, 0) is 17.4 Å². The van der Waals surface area contributed by atoms with Gasteiger partial charge in [-0.3, -0.25) is 4.98 Å². The van der Waals surface area contributed by atoms with Crippen LogP contribution in [0, 0.1) is 0 Å². The van der Waals surface area contributed by atoms with E-state index in [-0.39, 0.29) is 12.2 Å². The van der Waals surface area contributed by atoms with Gasteiger partial charge in [0.15, 0.2) is 0 Å². The number of nitrogens with zero attached hydrogens (tertiary/aromatic N) is 1. The van der Waals surface area contributed by atoms with Gasteiger partial charge in [0.25, 0.3) is 0 Å². The summed E-state index contributed by atoms with van der Waals surface area (Å²) in [5, 5.41) is 4.79. The maximum atomic E-state index is 13.7. The topological polar surface area (TPSA) is 72.5 Å². The number of amides is 2. The molecule has 0 saturated carbocycles. The van der Waals surface area contributed by atoms with E-state index in [9.17, 15) is 22.4 Å². The number of carbonyl (C=O) groups is 1. The number of anilines is 1. The number of hydrogen-bond acceptors (Lipinski definition) is 4. The third-order valence-electron chi connectivity index (χ3n) is 3.18. The summed E-state index contributed by atoms with van der Waals surface area (Å²) in [4.78, 5) is 15.8. The zero-order chi connectivity index (χ0) is 18.1. The molecule has 0 bridgehead atoms. The Labute approximate surface area is 138 Å². The predicted molar refractivity (Wildman–Crippen MR) is 77.1 cm³/mol. The first-order chi connectivity index (χ1) is 11.8. The number of hydrogen-bond donors (Lipinski definition) is 2. The van der Waals surface area contributed by atoms with Crippen molar-refractivity contribution in [1.82, 2.24) is 10.3 Å². The van der Waals surface area contributed by atoms with Crippen LogP contribution in [0.5, 0.6) is 5.75 Å². The Hall–Kier alpha value is -2.88. The van der Waals surface area contributed by atoms with Gasteiger partial charge in [0, 0.05) is 11.9 Å². The molecule has 2 amide bonds. The highest BCUT2D eigenvalue weighted by Gasteiger charge is 2.54. The van der Waals surface area contributed by atoms with E-state index in [0.717, 1.165) is 18.2 Å². The Kier molecular flexibility index (Phi) is 4.21. The van der Waals surface area contributed by atoms with Crippen molar-refractivity contribution in [3.8, 4) is 5.75 Å². The lowest BCUT2D eigenvalue weighted by atomic mass is 10.1. The molecule has 2 aromatic rings. The maximum absolute atomic E-state index is 13.7. The molecule has 0 saturated heterocycles. The molecule has 0 aliphatic carbocycles. The van der Waals surface area contributed by atoms with Gasteiger partial charge in [-0.1, -0.05) is 6.07 Å². The molecule has 1 aliphatic rings. The second-order valence-electron chi connectivity index (χ2n) is 5.02. The molecule has 0 unspecified atom stereocenters. The van der Waals surface area contributed by atoms with E-state index in [4.69, 9.17) is 0 Å². The number of alkyl halides is 4. The Morgan fingerprint density at radius 1 is 1.16 bits per heavy atom. The van der Waals surface area contributed by atoms with Crippen molar-refractivity contribution in [2.24, 2.45) is 0 Å². The van der Waals surface area contributed by atoms with E-state index < -0.39 is 29.7 Å². The Morgan fingerprint density at radius 2 is 1.96 bits per heavy atom. The van der Waals surface area contributed by atoms with Crippen LogP contribution in [-0.4, -0.2) is 17.3 Å². The average molecular weight is 357 g/mol. The number of fused-ring (bicyclic) bond motifs is 1. The van der Waals surface area contributed by atoms with Crippen LogP contribution >= 0.6 is 0 Å². The van der Waals surface area contributed by atoms with E-state index >= 15 is 0 Å². The minimum Gasteiger partial charge on any atom is -0.409 e. The third kappa shape index (κ3) is 3.97. The SMILES string of the molecule is O=C(NCc1ccccn1)Nc1ccc2c(c1)C(F)(F)OC(F)(F)O2. The fraction of sp³-hybridized carbons (Fsp3) is 0.200. The number of aromatic nitrogens is 1. The number of carbonyl (C=O) groups excluding carboxylic acids is 1. The lowest BCUT2D eigenvalue weighted by Gasteiger charge is -2.30. The van der Waals surface area contributed by atoms with Crippen LogP contribution in [0.1, 0.15) is 11.3 Å². The van der Waals surface area contributed by atoms with E-state index in [2.05, 4.69) is 25.1 Å². The molecule has 132 valence electrons. The number of rotatable bonds is 3. The Bertz CT molecular complexity index is 787. The van der Waals surface area contributed by atoms with Gasteiger partial charge < -0.3 is 15.4 Å². The minimum absolute atomic E-state index is 0.0469. The van der Waals surface area contributed by atoms with Gasteiger partial charge in [-0.2, -0.15) is 8.78 Å².